The minimum atomic E-state index is 0.141. The summed E-state index contributed by atoms with van der Waals surface area (Å²) < 4.78 is 1.31. The van der Waals surface area contributed by atoms with Gasteiger partial charge in [-0.05, 0) is 17.0 Å². The number of hydrogen-bond donors (Lipinski definition) is 2. The summed E-state index contributed by atoms with van der Waals surface area (Å²) in [5.41, 5.74) is 7.45. The maximum absolute atomic E-state index is 8.55. The summed E-state index contributed by atoms with van der Waals surface area (Å²) in [7, 11) is 0. The van der Waals surface area contributed by atoms with Gasteiger partial charge < -0.3 is 10.9 Å². The molecule has 0 bridgehead atoms. The van der Waals surface area contributed by atoms with Crippen molar-refractivity contribution in [2.45, 2.75) is 9.96 Å². The molecule has 3 nitrogen and oxygen atoms in total. The molecule has 3 N–H and O–H groups in total. The Hall–Kier alpha value is -1.46. The first-order chi connectivity index (χ1) is 8.29. The lowest BCUT2D eigenvalue weighted by Gasteiger charge is -2.02. The van der Waals surface area contributed by atoms with Gasteiger partial charge in [-0.25, -0.2) is 0 Å². The molecule has 0 radical (unpaired) electrons. The SMILES string of the molecule is N/C(=N\O)c1ccc(CSc2cccs2)cc1. The smallest absolute Gasteiger partial charge is 0.170 e. The van der Waals surface area contributed by atoms with Gasteiger partial charge in [0.2, 0.25) is 0 Å². The number of benzene rings is 1. The minimum Gasteiger partial charge on any atom is -0.409 e. The van der Waals surface area contributed by atoms with Crippen LogP contribution in [0.3, 0.4) is 0 Å². The van der Waals surface area contributed by atoms with Gasteiger partial charge in [-0.1, -0.05) is 35.5 Å². The highest BCUT2D eigenvalue weighted by Gasteiger charge is 2.00. The highest BCUT2D eigenvalue weighted by atomic mass is 32.2. The number of oxime groups is 1. The van der Waals surface area contributed by atoms with Gasteiger partial charge in [0.05, 0.1) is 4.21 Å². The quantitative estimate of drug-likeness (QED) is 0.293. The van der Waals surface area contributed by atoms with Crippen LogP contribution in [-0.2, 0) is 5.75 Å². The molecule has 1 heterocycles. The minimum absolute atomic E-state index is 0.141. The molecule has 88 valence electrons. The van der Waals surface area contributed by atoms with Crippen molar-refractivity contribution in [2.75, 3.05) is 0 Å². The van der Waals surface area contributed by atoms with Gasteiger partial charge in [0.15, 0.2) is 5.84 Å². The number of nitrogens with two attached hydrogens (primary N) is 1. The molecular weight excluding hydrogens is 252 g/mol. The van der Waals surface area contributed by atoms with E-state index >= 15 is 0 Å². The largest absolute Gasteiger partial charge is 0.409 e. The van der Waals surface area contributed by atoms with E-state index in [4.69, 9.17) is 10.9 Å². The fourth-order valence-electron chi connectivity index (χ4n) is 1.33. The average Bonchev–Trinajstić information content (AvgIpc) is 2.89. The molecule has 0 fully saturated rings. The van der Waals surface area contributed by atoms with E-state index in [9.17, 15) is 0 Å². The van der Waals surface area contributed by atoms with Crippen LogP contribution in [0, 0.1) is 0 Å². The zero-order valence-corrected chi connectivity index (χ0v) is 10.7. The van der Waals surface area contributed by atoms with E-state index in [1.165, 1.54) is 9.77 Å². The predicted octanol–water partition coefficient (Wildman–Crippen LogP) is 3.13. The van der Waals surface area contributed by atoms with E-state index in [-0.39, 0.29) is 5.84 Å². The van der Waals surface area contributed by atoms with Crippen LogP contribution in [0.15, 0.2) is 51.1 Å². The van der Waals surface area contributed by atoms with Crippen LogP contribution in [-0.4, -0.2) is 11.0 Å². The van der Waals surface area contributed by atoms with Crippen LogP contribution < -0.4 is 5.73 Å². The molecule has 0 atom stereocenters. The molecule has 0 aliphatic rings. The van der Waals surface area contributed by atoms with Crippen LogP contribution >= 0.6 is 23.1 Å². The van der Waals surface area contributed by atoms with E-state index in [2.05, 4.69) is 22.7 Å². The molecule has 1 aromatic carbocycles. The predicted molar refractivity (Wildman–Crippen MR) is 72.8 cm³/mol. The molecule has 0 amide bonds. The van der Waals surface area contributed by atoms with Crippen molar-refractivity contribution in [3.05, 3.63) is 52.9 Å². The second kappa shape index (κ2) is 5.75. The third kappa shape index (κ3) is 3.25. The van der Waals surface area contributed by atoms with Gasteiger partial charge in [0.25, 0.3) is 0 Å². The van der Waals surface area contributed by atoms with Gasteiger partial charge in [-0.3, -0.25) is 0 Å². The first-order valence-corrected chi connectivity index (χ1v) is 6.89. The van der Waals surface area contributed by atoms with Crippen LogP contribution in [0.25, 0.3) is 0 Å². The molecule has 0 unspecified atom stereocenters. The molecule has 2 rings (SSSR count). The van der Waals surface area contributed by atoms with Gasteiger partial charge >= 0.3 is 0 Å². The Balaban J connectivity index is 1.99. The number of hydrogen-bond acceptors (Lipinski definition) is 4. The number of amidine groups is 1. The van der Waals surface area contributed by atoms with E-state index < -0.39 is 0 Å². The highest BCUT2D eigenvalue weighted by Crippen LogP contribution is 2.26. The molecule has 1 aromatic heterocycles. The highest BCUT2D eigenvalue weighted by molar-refractivity contribution is 8.00. The van der Waals surface area contributed by atoms with E-state index in [1.54, 1.807) is 11.3 Å². The van der Waals surface area contributed by atoms with Crippen LogP contribution in [0.2, 0.25) is 0 Å². The van der Waals surface area contributed by atoms with Crippen LogP contribution in [0.1, 0.15) is 11.1 Å². The molecule has 5 heteroatoms. The number of nitrogens with zero attached hydrogens (tertiary/aromatic N) is 1. The molecule has 0 saturated carbocycles. The summed E-state index contributed by atoms with van der Waals surface area (Å²) in [6.07, 6.45) is 0. The second-order valence-electron chi connectivity index (χ2n) is 3.40. The summed E-state index contributed by atoms with van der Waals surface area (Å²) in [5.74, 6) is 1.07. The van der Waals surface area contributed by atoms with E-state index in [0.29, 0.717) is 0 Å². The molecule has 0 saturated heterocycles. The lowest BCUT2D eigenvalue weighted by atomic mass is 10.1. The van der Waals surface area contributed by atoms with Crippen LogP contribution in [0.5, 0.6) is 0 Å². The van der Waals surface area contributed by atoms with Crippen LogP contribution in [0.4, 0.5) is 0 Å². The van der Waals surface area contributed by atoms with Gasteiger partial charge in [0, 0.05) is 11.3 Å². The summed E-state index contributed by atoms with van der Waals surface area (Å²) in [6.45, 7) is 0. The standard InChI is InChI=1S/C12H12N2OS2/c13-12(14-15)10-5-3-9(4-6-10)8-17-11-2-1-7-16-11/h1-7,15H,8H2,(H2,13,14). The Morgan fingerprint density at radius 2 is 2.06 bits per heavy atom. The fourth-order valence-corrected chi connectivity index (χ4v) is 3.07. The summed E-state index contributed by atoms with van der Waals surface area (Å²) in [4.78, 5) is 0. The fraction of sp³-hybridized carbons (Fsp3) is 0.0833. The average molecular weight is 264 g/mol. The Kier molecular flexibility index (Phi) is 4.06. The summed E-state index contributed by atoms with van der Waals surface area (Å²) >= 11 is 3.55. The molecule has 17 heavy (non-hydrogen) atoms. The van der Waals surface area contributed by atoms with E-state index in [0.717, 1.165) is 11.3 Å². The maximum Gasteiger partial charge on any atom is 0.170 e. The van der Waals surface area contributed by atoms with Gasteiger partial charge in [0.1, 0.15) is 0 Å². The number of thioether (sulfide) groups is 1. The second-order valence-corrected chi connectivity index (χ2v) is 5.63. The Morgan fingerprint density at radius 3 is 2.65 bits per heavy atom. The number of rotatable bonds is 4. The zero-order chi connectivity index (χ0) is 12.1. The third-order valence-electron chi connectivity index (χ3n) is 2.23. The zero-order valence-electron chi connectivity index (χ0n) is 9.04. The lowest BCUT2D eigenvalue weighted by molar-refractivity contribution is 0.318. The lowest BCUT2D eigenvalue weighted by Crippen LogP contribution is -2.12. The maximum atomic E-state index is 8.55. The Bertz CT molecular complexity index is 492. The Morgan fingerprint density at radius 1 is 1.29 bits per heavy atom. The number of thiophene rings is 1. The normalized spacial score (nSPS) is 11.6. The topological polar surface area (TPSA) is 58.6 Å². The van der Waals surface area contributed by atoms with Crippen molar-refractivity contribution in [1.29, 1.82) is 0 Å². The van der Waals surface area contributed by atoms with Crippen molar-refractivity contribution in [3.63, 3.8) is 0 Å². The molecule has 2 aromatic rings. The van der Waals surface area contributed by atoms with Crippen molar-refractivity contribution in [1.82, 2.24) is 0 Å². The monoisotopic (exact) mass is 264 g/mol. The van der Waals surface area contributed by atoms with Crippen molar-refractivity contribution in [3.8, 4) is 0 Å². The van der Waals surface area contributed by atoms with Gasteiger partial charge in [-0.15, -0.1) is 23.1 Å². The first-order valence-electron chi connectivity index (χ1n) is 5.03. The van der Waals surface area contributed by atoms with Crippen molar-refractivity contribution >= 4 is 28.9 Å². The summed E-state index contributed by atoms with van der Waals surface area (Å²) in [5, 5.41) is 13.6. The van der Waals surface area contributed by atoms with Crippen molar-refractivity contribution < 1.29 is 5.21 Å². The molecule has 0 aliphatic carbocycles. The van der Waals surface area contributed by atoms with Gasteiger partial charge in [-0.2, -0.15) is 0 Å². The van der Waals surface area contributed by atoms with E-state index in [1.807, 2.05) is 36.0 Å². The molecule has 0 aliphatic heterocycles. The molecular formula is C12H12N2OS2. The third-order valence-corrected chi connectivity index (χ3v) is 4.44. The molecule has 0 spiro atoms. The van der Waals surface area contributed by atoms with Crippen molar-refractivity contribution in [2.24, 2.45) is 10.9 Å². The first kappa shape index (κ1) is 12.0. The summed E-state index contributed by atoms with van der Waals surface area (Å²) in [6, 6.07) is 11.9. The Labute approximate surface area is 108 Å².